The fourth-order valence-electron chi connectivity index (χ4n) is 2.68. The predicted molar refractivity (Wildman–Crippen MR) is 93.9 cm³/mol. The van der Waals surface area contributed by atoms with Crippen LogP contribution in [0.3, 0.4) is 0 Å². The fourth-order valence-corrected chi connectivity index (χ4v) is 2.68. The number of halogens is 3. The van der Waals surface area contributed by atoms with Crippen molar-refractivity contribution in [3.05, 3.63) is 41.6 Å². The van der Waals surface area contributed by atoms with Gasteiger partial charge in [-0.3, -0.25) is 9.36 Å². The highest BCUT2D eigenvalue weighted by Crippen LogP contribution is 2.32. The lowest BCUT2D eigenvalue weighted by Crippen LogP contribution is -2.12. The second kappa shape index (κ2) is 7.37. The van der Waals surface area contributed by atoms with Gasteiger partial charge in [-0.2, -0.15) is 23.4 Å². The largest absolute Gasteiger partial charge is 0.433 e. The van der Waals surface area contributed by atoms with Gasteiger partial charge in [0, 0.05) is 42.7 Å². The average molecular weight is 379 g/mol. The molecule has 3 rings (SSSR count). The monoisotopic (exact) mass is 379 g/mol. The van der Waals surface area contributed by atoms with E-state index in [4.69, 9.17) is 0 Å². The summed E-state index contributed by atoms with van der Waals surface area (Å²) in [5.74, 6) is -0.0901. The first-order valence-corrected chi connectivity index (χ1v) is 8.56. The van der Waals surface area contributed by atoms with Crippen molar-refractivity contribution in [1.82, 2.24) is 29.5 Å². The van der Waals surface area contributed by atoms with Crippen LogP contribution < -0.4 is 5.32 Å². The van der Waals surface area contributed by atoms with Crippen molar-refractivity contribution in [3.63, 3.8) is 0 Å². The Hall–Kier alpha value is -2.91. The lowest BCUT2D eigenvalue weighted by Gasteiger charge is -2.11. The van der Waals surface area contributed by atoms with Crippen LogP contribution in [0.1, 0.15) is 30.8 Å². The molecule has 0 aromatic carbocycles. The van der Waals surface area contributed by atoms with Crippen LogP contribution in [-0.2, 0) is 25.8 Å². The zero-order chi connectivity index (χ0) is 19.6. The number of rotatable bonds is 6. The molecular weight excluding hydrogens is 359 g/mol. The quantitative estimate of drug-likeness (QED) is 0.709. The molecule has 0 unspecified atom stereocenters. The number of alkyl halides is 3. The molecule has 0 aliphatic rings. The van der Waals surface area contributed by atoms with Gasteiger partial charge in [0.15, 0.2) is 5.69 Å². The summed E-state index contributed by atoms with van der Waals surface area (Å²) >= 11 is 0. The third kappa shape index (κ3) is 4.09. The van der Waals surface area contributed by atoms with Crippen LogP contribution >= 0.6 is 0 Å². The Labute approximate surface area is 154 Å². The lowest BCUT2D eigenvalue weighted by atomic mass is 10.1. The van der Waals surface area contributed by atoms with Gasteiger partial charge >= 0.3 is 6.18 Å². The SMILES string of the molecule is CCn1cc(CNc2nc(-c3cnn(CC)c3C)cc(C(F)(F)F)n2)cn1. The van der Waals surface area contributed by atoms with E-state index >= 15 is 0 Å². The number of aryl methyl sites for hydroxylation is 2. The summed E-state index contributed by atoms with van der Waals surface area (Å²) in [5.41, 5.74) is 1.31. The van der Waals surface area contributed by atoms with E-state index in [1.165, 1.54) is 6.20 Å². The summed E-state index contributed by atoms with van der Waals surface area (Å²) in [6.45, 7) is 7.27. The molecule has 0 atom stereocenters. The smallest absolute Gasteiger partial charge is 0.350 e. The molecule has 0 radical (unpaired) electrons. The van der Waals surface area contributed by atoms with E-state index in [0.29, 0.717) is 18.7 Å². The van der Waals surface area contributed by atoms with Gasteiger partial charge in [0.1, 0.15) is 0 Å². The molecule has 0 saturated heterocycles. The maximum atomic E-state index is 13.3. The topological polar surface area (TPSA) is 73.5 Å². The Morgan fingerprint density at radius 2 is 1.85 bits per heavy atom. The third-order valence-electron chi connectivity index (χ3n) is 4.16. The molecule has 7 nitrogen and oxygen atoms in total. The van der Waals surface area contributed by atoms with E-state index in [2.05, 4.69) is 25.5 Å². The van der Waals surface area contributed by atoms with Crippen molar-refractivity contribution in [1.29, 1.82) is 0 Å². The molecule has 1 N–H and O–H groups in total. The zero-order valence-corrected chi connectivity index (χ0v) is 15.2. The van der Waals surface area contributed by atoms with E-state index in [1.54, 1.807) is 22.5 Å². The summed E-state index contributed by atoms with van der Waals surface area (Å²) < 4.78 is 43.3. The van der Waals surface area contributed by atoms with Crippen LogP contribution in [0.25, 0.3) is 11.3 Å². The first-order valence-electron chi connectivity index (χ1n) is 8.56. The third-order valence-corrected chi connectivity index (χ3v) is 4.16. The van der Waals surface area contributed by atoms with Gasteiger partial charge in [0.25, 0.3) is 0 Å². The number of nitrogens with one attached hydrogen (secondary N) is 1. The van der Waals surface area contributed by atoms with Crippen LogP contribution in [-0.4, -0.2) is 29.5 Å². The number of hydrogen-bond acceptors (Lipinski definition) is 5. The summed E-state index contributed by atoms with van der Waals surface area (Å²) in [6.07, 6.45) is 0.420. The first-order chi connectivity index (χ1) is 12.8. The van der Waals surface area contributed by atoms with Gasteiger partial charge in [-0.15, -0.1) is 0 Å². The van der Waals surface area contributed by atoms with Crippen LogP contribution in [0.5, 0.6) is 0 Å². The number of nitrogens with zero attached hydrogens (tertiary/aromatic N) is 6. The van der Waals surface area contributed by atoms with E-state index in [9.17, 15) is 13.2 Å². The minimum absolute atomic E-state index is 0.0901. The van der Waals surface area contributed by atoms with Crippen molar-refractivity contribution in [2.24, 2.45) is 0 Å². The molecule has 3 heterocycles. The second-order valence-corrected chi connectivity index (χ2v) is 5.98. The van der Waals surface area contributed by atoms with Gasteiger partial charge < -0.3 is 5.32 Å². The minimum atomic E-state index is -4.57. The van der Waals surface area contributed by atoms with Crippen LogP contribution in [0.15, 0.2) is 24.7 Å². The van der Waals surface area contributed by atoms with Gasteiger partial charge in [0.05, 0.1) is 18.1 Å². The highest BCUT2D eigenvalue weighted by Gasteiger charge is 2.34. The van der Waals surface area contributed by atoms with Crippen LogP contribution in [0.4, 0.5) is 19.1 Å². The minimum Gasteiger partial charge on any atom is -0.350 e. The molecule has 0 spiro atoms. The molecule has 3 aromatic heterocycles. The van der Waals surface area contributed by atoms with Crippen LogP contribution in [0.2, 0.25) is 0 Å². The molecule has 0 fully saturated rings. The fraction of sp³-hybridized carbons (Fsp3) is 0.412. The molecule has 0 aliphatic heterocycles. The maximum absolute atomic E-state index is 13.3. The van der Waals surface area contributed by atoms with Crippen molar-refractivity contribution < 1.29 is 13.2 Å². The number of hydrogen-bond donors (Lipinski definition) is 1. The first kappa shape index (κ1) is 18.9. The molecule has 0 saturated carbocycles. The van der Waals surface area contributed by atoms with Crippen molar-refractivity contribution in [3.8, 4) is 11.3 Å². The second-order valence-electron chi connectivity index (χ2n) is 5.98. The van der Waals surface area contributed by atoms with E-state index in [1.807, 2.05) is 20.0 Å². The molecule has 0 amide bonds. The van der Waals surface area contributed by atoms with Crippen molar-refractivity contribution in [2.45, 2.75) is 46.6 Å². The Balaban J connectivity index is 1.94. The Morgan fingerprint density at radius 3 is 2.44 bits per heavy atom. The predicted octanol–water partition coefficient (Wildman–Crippen LogP) is 3.52. The van der Waals surface area contributed by atoms with E-state index in [0.717, 1.165) is 17.3 Å². The molecule has 0 bridgehead atoms. The summed E-state index contributed by atoms with van der Waals surface area (Å²) in [7, 11) is 0. The summed E-state index contributed by atoms with van der Waals surface area (Å²) in [4.78, 5) is 7.89. The molecular formula is C17H20F3N7. The zero-order valence-electron chi connectivity index (χ0n) is 15.2. The normalized spacial score (nSPS) is 11.8. The van der Waals surface area contributed by atoms with Gasteiger partial charge in [-0.25, -0.2) is 9.97 Å². The average Bonchev–Trinajstić information content (AvgIpc) is 3.25. The molecule has 10 heteroatoms. The lowest BCUT2D eigenvalue weighted by molar-refractivity contribution is -0.141. The highest BCUT2D eigenvalue weighted by molar-refractivity contribution is 5.62. The Morgan fingerprint density at radius 1 is 1.07 bits per heavy atom. The summed E-state index contributed by atoms with van der Waals surface area (Å²) in [6, 6.07) is 0.949. The summed E-state index contributed by atoms with van der Waals surface area (Å²) in [5, 5.41) is 11.2. The van der Waals surface area contributed by atoms with Crippen molar-refractivity contribution in [2.75, 3.05) is 5.32 Å². The molecule has 144 valence electrons. The van der Waals surface area contributed by atoms with Gasteiger partial charge in [-0.05, 0) is 26.8 Å². The maximum Gasteiger partial charge on any atom is 0.433 e. The molecule has 0 aliphatic carbocycles. The standard InChI is InChI=1S/C17H20F3N7/c1-4-26-10-12(8-22-26)7-21-16-24-14(6-15(25-16)17(18,19)20)13-9-23-27(5-2)11(13)3/h6,8-10H,4-5,7H2,1-3H3,(H,21,24,25). The van der Waals surface area contributed by atoms with Gasteiger partial charge in [0.2, 0.25) is 5.95 Å². The molecule has 27 heavy (non-hydrogen) atoms. The number of aromatic nitrogens is 6. The van der Waals surface area contributed by atoms with Crippen molar-refractivity contribution >= 4 is 5.95 Å². The van der Waals surface area contributed by atoms with Gasteiger partial charge in [-0.1, -0.05) is 0 Å². The molecule has 3 aromatic rings. The number of anilines is 1. The Bertz CT molecular complexity index is 927. The van der Waals surface area contributed by atoms with Crippen LogP contribution in [0, 0.1) is 6.92 Å². The van der Waals surface area contributed by atoms with E-state index in [-0.39, 0.29) is 18.2 Å². The Kier molecular flexibility index (Phi) is 5.15. The van der Waals surface area contributed by atoms with E-state index < -0.39 is 11.9 Å². The highest BCUT2D eigenvalue weighted by atomic mass is 19.4.